The van der Waals surface area contributed by atoms with Crippen molar-refractivity contribution in [2.75, 3.05) is 36.9 Å². The Bertz CT molecular complexity index is 754. The third-order valence-electron chi connectivity index (χ3n) is 5.82. The van der Waals surface area contributed by atoms with Gasteiger partial charge in [0, 0.05) is 42.9 Å². The third kappa shape index (κ3) is 3.49. The highest BCUT2D eigenvalue weighted by molar-refractivity contribution is 7.99. The molecule has 1 amide bonds. The van der Waals surface area contributed by atoms with Crippen molar-refractivity contribution >= 4 is 29.5 Å². The lowest BCUT2D eigenvalue weighted by molar-refractivity contribution is -0.143. The maximum absolute atomic E-state index is 11.8. The Morgan fingerprint density at radius 1 is 1.33 bits per heavy atom. The van der Waals surface area contributed by atoms with E-state index in [1.807, 2.05) is 18.7 Å². The second-order valence-electron chi connectivity index (χ2n) is 7.42. The molecule has 7 heteroatoms. The molecule has 1 aromatic rings. The molecule has 6 nitrogen and oxygen atoms in total. The molecule has 4 rings (SSSR count). The smallest absolute Gasteiger partial charge is 0.407 e. The zero-order valence-corrected chi connectivity index (χ0v) is 16.5. The second kappa shape index (κ2) is 7.62. The second-order valence-corrected chi connectivity index (χ2v) is 8.56. The van der Waals surface area contributed by atoms with Crippen molar-refractivity contribution in [1.29, 1.82) is 0 Å². The molecule has 27 heavy (non-hydrogen) atoms. The van der Waals surface area contributed by atoms with Crippen LogP contribution < -0.4 is 4.90 Å². The summed E-state index contributed by atoms with van der Waals surface area (Å²) in [5.74, 6) is 1.17. The van der Waals surface area contributed by atoms with Gasteiger partial charge >= 0.3 is 12.1 Å². The van der Waals surface area contributed by atoms with Crippen molar-refractivity contribution in [1.82, 2.24) is 4.90 Å². The number of carboxylic acid groups (broad SMARTS) is 1. The molecule has 2 atom stereocenters. The molecule has 3 aliphatic heterocycles. The van der Waals surface area contributed by atoms with Crippen LogP contribution in [0.4, 0.5) is 10.5 Å². The van der Waals surface area contributed by atoms with E-state index in [-0.39, 0.29) is 11.9 Å². The molecular weight excluding hydrogens is 364 g/mol. The first-order valence-corrected chi connectivity index (χ1v) is 10.8. The highest BCUT2D eigenvalue weighted by Crippen LogP contribution is 2.50. The molecule has 3 heterocycles. The number of esters is 1. The maximum Gasteiger partial charge on any atom is 0.407 e. The number of carbonyl (C=O) groups excluding carboxylic acids is 1. The lowest BCUT2D eigenvalue weighted by Crippen LogP contribution is -2.48. The Morgan fingerprint density at radius 2 is 2.19 bits per heavy atom. The Balaban J connectivity index is 1.65. The van der Waals surface area contributed by atoms with E-state index in [0.29, 0.717) is 38.6 Å². The highest BCUT2D eigenvalue weighted by Gasteiger charge is 2.44. The number of benzene rings is 1. The molecular formula is C20H26N2O4S. The number of anilines is 1. The summed E-state index contributed by atoms with van der Waals surface area (Å²) in [6.45, 7) is 4.45. The lowest BCUT2D eigenvalue weighted by atomic mass is 9.88. The minimum atomic E-state index is -0.825. The van der Waals surface area contributed by atoms with Crippen LogP contribution in [0.3, 0.4) is 0 Å². The number of likely N-dealkylation sites (tertiary alicyclic amines) is 1. The molecule has 1 N–H and O–H groups in total. The Labute approximate surface area is 163 Å². The van der Waals surface area contributed by atoms with Gasteiger partial charge in [-0.05, 0) is 49.1 Å². The van der Waals surface area contributed by atoms with Crippen LogP contribution in [0.15, 0.2) is 17.0 Å². The van der Waals surface area contributed by atoms with Crippen LogP contribution in [-0.2, 0) is 16.0 Å². The van der Waals surface area contributed by atoms with E-state index in [0.717, 1.165) is 30.7 Å². The van der Waals surface area contributed by atoms with Gasteiger partial charge in [0.05, 0.1) is 12.3 Å². The van der Waals surface area contributed by atoms with Crippen LogP contribution in [-0.4, -0.2) is 60.1 Å². The van der Waals surface area contributed by atoms with Crippen molar-refractivity contribution in [3.8, 4) is 0 Å². The van der Waals surface area contributed by atoms with Crippen molar-refractivity contribution in [3.05, 3.63) is 23.3 Å². The lowest BCUT2D eigenvalue weighted by Gasteiger charge is -2.37. The van der Waals surface area contributed by atoms with E-state index in [9.17, 15) is 14.7 Å². The van der Waals surface area contributed by atoms with Crippen molar-refractivity contribution in [2.45, 2.75) is 49.5 Å². The maximum atomic E-state index is 11.8. The highest BCUT2D eigenvalue weighted by atomic mass is 32.2. The molecule has 0 saturated carbocycles. The fourth-order valence-electron chi connectivity index (χ4n) is 4.67. The van der Waals surface area contributed by atoms with Crippen LogP contribution in [0, 0.1) is 0 Å². The van der Waals surface area contributed by atoms with Crippen molar-refractivity contribution in [3.63, 3.8) is 0 Å². The molecule has 0 aromatic heterocycles. The monoisotopic (exact) mass is 390 g/mol. The fraction of sp³-hybridized carbons (Fsp3) is 0.600. The molecule has 0 bridgehead atoms. The van der Waals surface area contributed by atoms with E-state index in [1.165, 1.54) is 16.1 Å². The van der Waals surface area contributed by atoms with E-state index in [4.69, 9.17) is 4.74 Å². The number of piperidine rings is 1. The number of ether oxygens (including phenoxy) is 1. The van der Waals surface area contributed by atoms with Gasteiger partial charge in [-0.1, -0.05) is 6.07 Å². The van der Waals surface area contributed by atoms with Crippen LogP contribution in [0.2, 0.25) is 0 Å². The first kappa shape index (κ1) is 18.5. The van der Waals surface area contributed by atoms with Gasteiger partial charge in [0.2, 0.25) is 0 Å². The number of thioether (sulfide) groups is 1. The first-order chi connectivity index (χ1) is 13.1. The van der Waals surface area contributed by atoms with E-state index in [1.54, 1.807) is 4.90 Å². The van der Waals surface area contributed by atoms with Crippen LogP contribution >= 0.6 is 11.8 Å². The van der Waals surface area contributed by atoms with Crippen LogP contribution in [0.1, 0.15) is 43.2 Å². The first-order valence-electron chi connectivity index (χ1n) is 9.78. The summed E-state index contributed by atoms with van der Waals surface area (Å²) in [6.07, 6.45) is 2.25. The Morgan fingerprint density at radius 3 is 2.96 bits per heavy atom. The summed E-state index contributed by atoms with van der Waals surface area (Å²) >= 11 is 1.89. The summed E-state index contributed by atoms with van der Waals surface area (Å²) in [7, 11) is 0. The van der Waals surface area contributed by atoms with E-state index >= 15 is 0 Å². The predicted molar refractivity (Wildman–Crippen MR) is 105 cm³/mol. The average molecular weight is 391 g/mol. The van der Waals surface area contributed by atoms with Gasteiger partial charge in [-0.25, -0.2) is 4.79 Å². The summed E-state index contributed by atoms with van der Waals surface area (Å²) < 4.78 is 5.06. The standard InChI is InChI=1S/C20H26N2O4S/c1-2-26-18(23)5-4-13-10-14-15-12-21(20(24)25)8-6-16(15)22-7-3-9-27-17(11-13)19(14)22/h10-11,15-16H,2-9,12H2,1H3,(H,24,25)/t15-,16-/m0/s1. The minimum absolute atomic E-state index is 0.161. The van der Waals surface area contributed by atoms with Gasteiger partial charge in [0.1, 0.15) is 0 Å². The zero-order valence-electron chi connectivity index (χ0n) is 15.6. The summed E-state index contributed by atoms with van der Waals surface area (Å²) in [6, 6.07) is 4.84. The fourth-order valence-corrected chi connectivity index (χ4v) is 5.77. The van der Waals surface area contributed by atoms with Crippen molar-refractivity contribution in [2.24, 2.45) is 0 Å². The molecule has 1 fully saturated rings. The third-order valence-corrected chi connectivity index (χ3v) is 6.94. The Kier molecular flexibility index (Phi) is 5.21. The average Bonchev–Trinajstić information content (AvgIpc) is 2.81. The number of hydrogen-bond donors (Lipinski definition) is 1. The molecule has 1 saturated heterocycles. The van der Waals surface area contributed by atoms with Crippen LogP contribution in [0.5, 0.6) is 0 Å². The largest absolute Gasteiger partial charge is 0.466 e. The van der Waals surface area contributed by atoms with E-state index < -0.39 is 6.09 Å². The number of nitrogens with zero attached hydrogens (tertiary/aromatic N) is 2. The van der Waals surface area contributed by atoms with E-state index in [2.05, 4.69) is 17.0 Å². The molecule has 146 valence electrons. The summed E-state index contributed by atoms with van der Waals surface area (Å²) in [5.41, 5.74) is 3.75. The van der Waals surface area contributed by atoms with Crippen molar-refractivity contribution < 1.29 is 19.4 Å². The molecule has 0 unspecified atom stereocenters. The number of hydrogen-bond acceptors (Lipinski definition) is 5. The van der Waals surface area contributed by atoms with Gasteiger partial charge in [-0.15, -0.1) is 11.8 Å². The molecule has 0 spiro atoms. The molecule has 1 aromatic carbocycles. The SMILES string of the molecule is CCOC(=O)CCc1cc2c3c(c1)[C@@H]1CN(C(=O)O)CC[C@@H]1N3CCCS2. The van der Waals surface area contributed by atoms with Gasteiger partial charge < -0.3 is 19.6 Å². The quantitative estimate of drug-likeness (QED) is 0.795. The number of fused-ring (bicyclic) bond motifs is 3. The summed E-state index contributed by atoms with van der Waals surface area (Å²) in [4.78, 5) is 28.6. The summed E-state index contributed by atoms with van der Waals surface area (Å²) in [5, 5.41) is 9.45. The topological polar surface area (TPSA) is 70.1 Å². The van der Waals surface area contributed by atoms with Gasteiger partial charge in [0.25, 0.3) is 0 Å². The number of rotatable bonds is 4. The molecule has 0 radical (unpaired) electrons. The zero-order chi connectivity index (χ0) is 19.0. The molecule has 0 aliphatic carbocycles. The Hall–Kier alpha value is -1.89. The van der Waals surface area contributed by atoms with Gasteiger partial charge in [0.15, 0.2) is 0 Å². The van der Waals surface area contributed by atoms with Crippen LogP contribution in [0.25, 0.3) is 0 Å². The predicted octanol–water partition coefficient (Wildman–Crippen LogP) is 3.33. The molecule has 3 aliphatic rings. The number of aryl methyl sites for hydroxylation is 1. The normalized spacial score (nSPS) is 23.4. The van der Waals surface area contributed by atoms with Gasteiger partial charge in [-0.3, -0.25) is 4.79 Å². The minimum Gasteiger partial charge on any atom is -0.466 e. The number of amides is 1. The van der Waals surface area contributed by atoms with Gasteiger partial charge in [-0.2, -0.15) is 0 Å². The number of carbonyl (C=O) groups is 2.